The maximum Gasteiger partial charge on any atom is 0.325 e. The van der Waals surface area contributed by atoms with E-state index in [1.807, 2.05) is 30.3 Å². The molecule has 3 aromatic rings. The average molecular weight is 361 g/mol. The van der Waals surface area contributed by atoms with Gasteiger partial charge in [-0.15, -0.1) is 10.2 Å². The molecule has 0 aliphatic carbocycles. The number of ether oxygens (including phenoxy) is 1. The number of amides is 2. The van der Waals surface area contributed by atoms with Gasteiger partial charge >= 0.3 is 6.03 Å². The monoisotopic (exact) mass is 360 g/mol. The normalized spacial score (nSPS) is 10.2. The van der Waals surface area contributed by atoms with Gasteiger partial charge in [0, 0.05) is 10.7 Å². The van der Waals surface area contributed by atoms with Crippen LogP contribution in [0.4, 0.5) is 15.6 Å². The predicted octanol–water partition coefficient (Wildman–Crippen LogP) is 4.41. The number of para-hydroxylation sites is 1. The minimum Gasteiger partial charge on any atom is -0.486 e. The first-order chi connectivity index (χ1) is 11.7. The van der Waals surface area contributed by atoms with Crippen LogP contribution in [0.25, 0.3) is 0 Å². The second kappa shape index (κ2) is 7.76. The summed E-state index contributed by atoms with van der Waals surface area (Å²) in [6, 6.07) is 15.8. The number of nitrogens with one attached hydrogen (secondary N) is 2. The molecule has 24 heavy (non-hydrogen) atoms. The van der Waals surface area contributed by atoms with E-state index in [2.05, 4.69) is 20.8 Å². The van der Waals surface area contributed by atoms with Gasteiger partial charge in [-0.25, -0.2) is 4.79 Å². The van der Waals surface area contributed by atoms with E-state index in [9.17, 15) is 4.79 Å². The Bertz CT molecular complexity index is 808. The van der Waals surface area contributed by atoms with Crippen LogP contribution >= 0.6 is 22.9 Å². The first-order valence-electron chi connectivity index (χ1n) is 7.03. The minimum atomic E-state index is -0.399. The van der Waals surface area contributed by atoms with Crippen molar-refractivity contribution in [3.05, 3.63) is 64.6 Å². The maximum absolute atomic E-state index is 11.9. The Hall–Kier alpha value is -2.64. The summed E-state index contributed by atoms with van der Waals surface area (Å²) in [5.41, 5.74) is 0.633. The van der Waals surface area contributed by atoms with Crippen LogP contribution in [0.5, 0.6) is 5.75 Å². The van der Waals surface area contributed by atoms with Crippen molar-refractivity contribution in [1.82, 2.24) is 10.2 Å². The lowest BCUT2D eigenvalue weighted by atomic mass is 10.3. The van der Waals surface area contributed by atoms with Crippen LogP contribution in [0.1, 0.15) is 5.01 Å². The number of carbonyl (C=O) groups excluding carboxylic acids is 1. The van der Waals surface area contributed by atoms with Gasteiger partial charge in [-0.05, 0) is 36.4 Å². The fourth-order valence-electron chi connectivity index (χ4n) is 1.82. The molecule has 0 saturated heterocycles. The number of carbonyl (C=O) groups is 1. The molecule has 3 rings (SSSR count). The molecule has 0 unspecified atom stereocenters. The second-order valence-electron chi connectivity index (χ2n) is 4.69. The molecule has 2 N–H and O–H groups in total. The summed E-state index contributed by atoms with van der Waals surface area (Å²) in [6.45, 7) is 0.294. The van der Waals surface area contributed by atoms with E-state index in [1.54, 1.807) is 24.3 Å². The van der Waals surface area contributed by atoms with Crippen LogP contribution in [-0.4, -0.2) is 16.2 Å². The predicted molar refractivity (Wildman–Crippen MR) is 94.8 cm³/mol. The summed E-state index contributed by atoms with van der Waals surface area (Å²) < 4.78 is 5.58. The van der Waals surface area contributed by atoms with Crippen LogP contribution < -0.4 is 15.4 Å². The molecule has 1 aromatic heterocycles. The third kappa shape index (κ3) is 4.68. The largest absolute Gasteiger partial charge is 0.486 e. The zero-order chi connectivity index (χ0) is 16.8. The van der Waals surface area contributed by atoms with Crippen molar-refractivity contribution in [3.63, 3.8) is 0 Å². The van der Waals surface area contributed by atoms with Crippen molar-refractivity contribution in [3.8, 4) is 5.75 Å². The first-order valence-corrected chi connectivity index (χ1v) is 8.22. The molecule has 0 fully saturated rings. The molecule has 0 bridgehead atoms. The smallest absolute Gasteiger partial charge is 0.325 e. The quantitative estimate of drug-likeness (QED) is 0.706. The summed E-state index contributed by atoms with van der Waals surface area (Å²) >= 11 is 7.05. The molecule has 0 aliphatic rings. The lowest BCUT2D eigenvalue weighted by Gasteiger charge is -2.04. The van der Waals surface area contributed by atoms with E-state index in [1.165, 1.54) is 11.3 Å². The molecule has 0 radical (unpaired) electrons. The van der Waals surface area contributed by atoms with Gasteiger partial charge < -0.3 is 10.1 Å². The summed E-state index contributed by atoms with van der Waals surface area (Å²) in [6.07, 6.45) is 0. The van der Waals surface area contributed by atoms with Gasteiger partial charge in [-0.3, -0.25) is 5.32 Å². The molecular weight excluding hydrogens is 348 g/mol. The average Bonchev–Trinajstić information content (AvgIpc) is 3.03. The van der Waals surface area contributed by atoms with Crippen LogP contribution in [0.15, 0.2) is 54.6 Å². The first kappa shape index (κ1) is 16.2. The van der Waals surface area contributed by atoms with Crippen molar-refractivity contribution in [2.45, 2.75) is 6.61 Å². The highest BCUT2D eigenvalue weighted by Crippen LogP contribution is 2.19. The van der Waals surface area contributed by atoms with Crippen molar-refractivity contribution in [2.75, 3.05) is 10.6 Å². The summed E-state index contributed by atoms with van der Waals surface area (Å²) in [5, 5.41) is 14.9. The number of anilines is 2. The Morgan fingerprint density at radius 3 is 2.54 bits per heavy atom. The van der Waals surface area contributed by atoms with Crippen molar-refractivity contribution < 1.29 is 9.53 Å². The van der Waals surface area contributed by atoms with Gasteiger partial charge in [0.1, 0.15) is 12.4 Å². The number of hydrogen-bond acceptors (Lipinski definition) is 5. The van der Waals surface area contributed by atoms with E-state index in [4.69, 9.17) is 16.3 Å². The van der Waals surface area contributed by atoms with Crippen LogP contribution in [0.3, 0.4) is 0 Å². The molecule has 1 heterocycles. The molecule has 8 heteroatoms. The third-order valence-corrected chi connectivity index (χ3v) is 3.96. The Balaban J connectivity index is 1.51. The van der Waals surface area contributed by atoms with Crippen molar-refractivity contribution in [2.24, 2.45) is 0 Å². The van der Waals surface area contributed by atoms with Gasteiger partial charge in [0.2, 0.25) is 5.13 Å². The molecule has 0 aliphatic heterocycles. The zero-order valence-electron chi connectivity index (χ0n) is 12.4. The summed E-state index contributed by atoms with van der Waals surface area (Å²) in [7, 11) is 0. The van der Waals surface area contributed by atoms with E-state index >= 15 is 0 Å². The van der Waals surface area contributed by atoms with Gasteiger partial charge in [-0.2, -0.15) is 0 Å². The van der Waals surface area contributed by atoms with Gasteiger partial charge in [0.25, 0.3) is 0 Å². The Morgan fingerprint density at radius 2 is 1.79 bits per heavy atom. The number of rotatable bonds is 5. The molecule has 0 spiro atoms. The van der Waals surface area contributed by atoms with E-state index < -0.39 is 6.03 Å². The standard InChI is InChI=1S/C16H13ClN4O2S/c17-11-6-8-12(9-7-11)18-15(22)19-16-21-20-14(24-16)10-23-13-4-2-1-3-5-13/h1-9H,10H2,(H2,18,19,21,22). The SMILES string of the molecule is O=C(Nc1ccc(Cl)cc1)Nc1nnc(COc2ccccc2)s1. The maximum atomic E-state index is 11.9. The number of urea groups is 1. The van der Waals surface area contributed by atoms with Crippen LogP contribution in [0.2, 0.25) is 5.02 Å². The zero-order valence-corrected chi connectivity index (χ0v) is 14.0. The van der Waals surface area contributed by atoms with E-state index in [0.29, 0.717) is 27.5 Å². The number of hydrogen-bond donors (Lipinski definition) is 2. The number of aromatic nitrogens is 2. The lowest BCUT2D eigenvalue weighted by molar-refractivity contribution is 0.262. The summed E-state index contributed by atoms with van der Waals surface area (Å²) in [4.78, 5) is 11.9. The molecule has 122 valence electrons. The van der Waals surface area contributed by atoms with Crippen molar-refractivity contribution >= 4 is 39.8 Å². The van der Waals surface area contributed by atoms with Gasteiger partial charge in [0.15, 0.2) is 5.01 Å². The van der Waals surface area contributed by atoms with Crippen LogP contribution in [0, 0.1) is 0 Å². The highest BCUT2D eigenvalue weighted by atomic mass is 35.5. The Kier molecular flexibility index (Phi) is 5.25. The topological polar surface area (TPSA) is 76.1 Å². The summed E-state index contributed by atoms with van der Waals surface area (Å²) in [5.74, 6) is 0.752. The number of nitrogens with zero attached hydrogens (tertiary/aromatic N) is 2. The lowest BCUT2D eigenvalue weighted by Crippen LogP contribution is -2.19. The molecule has 6 nitrogen and oxygen atoms in total. The molecule has 2 amide bonds. The fraction of sp³-hybridized carbons (Fsp3) is 0.0625. The Labute approximate surface area is 147 Å². The number of benzene rings is 2. The molecule has 2 aromatic carbocycles. The van der Waals surface area contributed by atoms with Gasteiger partial charge in [-0.1, -0.05) is 41.1 Å². The van der Waals surface area contributed by atoms with E-state index in [0.717, 1.165) is 5.75 Å². The van der Waals surface area contributed by atoms with E-state index in [-0.39, 0.29) is 0 Å². The highest BCUT2D eigenvalue weighted by molar-refractivity contribution is 7.15. The second-order valence-corrected chi connectivity index (χ2v) is 6.19. The molecule has 0 atom stereocenters. The fourth-order valence-corrected chi connectivity index (χ4v) is 2.59. The highest BCUT2D eigenvalue weighted by Gasteiger charge is 2.09. The van der Waals surface area contributed by atoms with Gasteiger partial charge in [0.05, 0.1) is 0 Å². The van der Waals surface area contributed by atoms with Crippen LogP contribution in [-0.2, 0) is 6.61 Å². The third-order valence-electron chi connectivity index (χ3n) is 2.89. The minimum absolute atomic E-state index is 0.294. The Morgan fingerprint density at radius 1 is 1.04 bits per heavy atom. The van der Waals surface area contributed by atoms with Crippen molar-refractivity contribution in [1.29, 1.82) is 0 Å². The molecule has 0 saturated carbocycles. The molecular formula is C16H13ClN4O2S. The number of halogens is 1.